The van der Waals surface area contributed by atoms with Crippen molar-refractivity contribution in [3.05, 3.63) is 0 Å². The van der Waals surface area contributed by atoms with Crippen LogP contribution in [0.3, 0.4) is 0 Å². The molecule has 0 saturated heterocycles. The zero-order valence-electron chi connectivity index (χ0n) is 38.9. The molecule has 0 aromatic carbocycles. The van der Waals surface area contributed by atoms with E-state index in [1.807, 2.05) is 15.7 Å². The van der Waals surface area contributed by atoms with E-state index in [2.05, 4.69) is 10.3 Å². The monoisotopic (exact) mass is 6090 g/mol. The van der Waals surface area contributed by atoms with Crippen LogP contribution in [0.15, 0.2) is 0 Å². The minimum absolute atomic E-state index is 0. The maximum Gasteiger partial charge on any atom is 0 e. The van der Waals surface area contributed by atoms with Crippen LogP contribution < -0.4 is 0 Å². The van der Waals surface area contributed by atoms with E-state index in [9.17, 15) is 0 Å². The van der Waals surface area contributed by atoms with Gasteiger partial charge in [0.1, 0.15) is 0 Å². The zero-order valence-corrected chi connectivity index (χ0v) is 179. The van der Waals surface area contributed by atoms with Crippen molar-refractivity contribution in [3.63, 3.8) is 0 Å². The van der Waals surface area contributed by atoms with Gasteiger partial charge in [0, 0.05) is 724 Å². The topological polar surface area (TPSA) is 0 Å². The van der Waals surface area contributed by atoms with E-state index in [1.54, 1.807) is 0 Å². The molecule has 0 bridgehead atoms. The SMILES string of the molecule is I.I.I.I.I.I.I.I.I.I.I.I.I.I.I.I.I.I.I.I.I.I.I.I.I.I.I.I.P.P.P.P.P.P.P.P.P.P.P.P.P.[S]=[V].[V].[V].[V].[V].[V].[V].[V].[V].[V].[V].[V].[V].[V].[V].[V].[V].[V].[V].[V].[V].[V].[V].[V].[V].[V].[V].[V].[V].[V].[V].[V].[V].[V].[V].[V].[V].[V].[V].[V]. The second-order valence-electron chi connectivity index (χ2n) is 0. The van der Waals surface area contributed by atoms with Crippen molar-refractivity contribution in [2.75, 3.05) is 0 Å². The van der Waals surface area contributed by atoms with Crippen LogP contribution in [0.1, 0.15) is 0 Å². The van der Waals surface area contributed by atoms with E-state index in [1.165, 1.54) is 0 Å². The third-order valence-electron chi connectivity index (χ3n) is 0. The molecule has 0 amide bonds. The Bertz CT molecular complexity index is 126. The first-order chi connectivity index (χ1) is 1.00. The van der Waals surface area contributed by atoms with Gasteiger partial charge in [-0.15, -0.1) is 671 Å². The van der Waals surface area contributed by atoms with Gasteiger partial charge < -0.3 is 0 Å². The summed E-state index contributed by atoms with van der Waals surface area (Å²) in [5.41, 5.74) is 0. The number of rotatable bonds is 0. The van der Waals surface area contributed by atoms with Gasteiger partial charge in [0.2, 0.25) is 0 Å². The Morgan fingerprint density at radius 3 is 0.0732 bits per heavy atom. The molecular weight excluding hydrogens is 6030 g/mol. The number of hydrogen-bond donors (Lipinski definition) is 0. The van der Waals surface area contributed by atoms with E-state index in [0.29, 0.717) is 0 Å². The fraction of sp³-hybridized carbons (Fsp3) is 0. The molecule has 0 nitrogen and oxygen atoms in total. The molecule has 0 spiro atoms. The van der Waals surface area contributed by atoms with E-state index in [-0.39, 0.29) is 1520 Å². The van der Waals surface area contributed by atoms with Gasteiger partial charge in [0.05, 0.1) is 0 Å². The molecule has 0 fully saturated rings. The molecule has 0 saturated carbocycles. The minimum atomic E-state index is 0. The molecular formula is H67I28P13SV40. The molecule has 39 radical (unpaired) electrons. The standard InChI is InChI=1S/28HI.13H3P.S.40V/h28*1H;13*1H3;;;;;;;;;;;;;;;;;;;;;;;;;;;;;;;;;;;;;;;;;. The van der Waals surface area contributed by atoms with Gasteiger partial charge in [0.15, 0.2) is 0 Å². The van der Waals surface area contributed by atoms with Crippen LogP contribution in [0.5, 0.6) is 0 Å². The Labute approximate surface area is 1500 Å². The average molecular weight is 6090 g/mol. The van der Waals surface area contributed by atoms with Gasteiger partial charge in [-0.1, -0.05) is 0 Å². The van der Waals surface area contributed by atoms with Gasteiger partial charge in [0.25, 0.3) is 0 Å². The molecule has 0 heterocycles. The Morgan fingerprint density at radius 1 is 0.0732 bits per heavy atom. The molecule has 534 valence electrons. The van der Waals surface area contributed by atoms with Crippen molar-refractivity contribution in [1.82, 2.24) is 0 Å². The van der Waals surface area contributed by atoms with Crippen molar-refractivity contribution in [2.45, 2.75) is 0 Å². The third-order valence-corrected chi connectivity index (χ3v) is 0. The summed E-state index contributed by atoms with van der Waals surface area (Å²) in [6.45, 7) is 0. The summed E-state index contributed by atoms with van der Waals surface area (Å²) >= 11 is 1.90. The summed E-state index contributed by atoms with van der Waals surface area (Å²) in [6.07, 6.45) is 0. The van der Waals surface area contributed by atoms with Gasteiger partial charge in [-0.05, 0) is 0 Å². The van der Waals surface area contributed by atoms with Crippen LogP contribution in [0.4, 0.5) is 0 Å². The van der Waals surface area contributed by atoms with E-state index >= 15 is 0 Å². The summed E-state index contributed by atoms with van der Waals surface area (Å²) in [5, 5.41) is 0. The van der Waals surface area contributed by atoms with Gasteiger partial charge in [-0.3, -0.25) is 0 Å². The summed E-state index contributed by atoms with van der Waals surface area (Å²) in [5.74, 6) is 0. The molecule has 0 N–H and O–H groups in total. The van der Waals surface area contributed by atoms with Crippen molar-refractivity contribution < 1.29 is 739 Å². The molecule has 0 aliphatic carbocycles. The Morgan fingerprint density at radius 2 is 0.0732 bits per heavy atom. The fourth-order valence-electron chi connectivity index (χ4n) is 0. The average Bonchev–Trinajstić information content (AvgIpc) is 1.00. The molecule has 0 aromatic rings. The third kappa shape index (κ3) is 871. The Balaban J connectivity index is -0.00000000000158. The molecule has 82 heteroatoms. The predicted molar refractivity (Wildman–Crippen MR) is 584 cm³/mol. The van der Waals surface area contributed by atoms with Crippen molar-refractivity contribution in [3.8, 4) is 0 Å². The Hall–Kier alpha value is 49.6. The molecule has 0 aliphatic rings. The quantitative estimate of drug-likeness (QED) is 0.172. The molecule has 13 unspecified atom stereocenters. The molecule has 13 atom stereocenters. The van der Waals surface area contributed by atoms with Crippen LogP contribution in [0.2, 0.25) is 0 Å². The first kappa shape index (κ1) is 876. The number of halogens is 28. The molecule has 0 aliphatic heterocycles. The van der Waals surface area contributed by atoms with Gasteiger partial charge >= 0.3 is 26.0 Å². The van der Waals surface area contributed by atoms with Crippen LogP contribution in [0.25, 0.3) is 0 Å². The second kappa shape index (κ2) is 891. The van der Waals surface area contributed by atoms with Crippen LogP contribution >= 0.6 is 810 Å². The van der Waals surface area contributed by atoms with Crippen LogP contribution in [0, 0.1) is 0 Å². The van der Waals surface area contributed by atoms with Gasteiger partial charge in [-0.25, -0.2) is 0 Å². The van der Waals surface area contributed by atoms with Crippen LogP contribution in [-0.4, -0.2) is 0 Å². The summed E-state index contributed by atoms with van der Waals surface area (Å²) in [7, 11) is 4.02. The maximum atomic E-state index is 4.02. The van der Waals surface area contributed by atoms with Crippen molar-refractivity contribution in [2.24, 2.45) is 0 Å². The van der Waals surface area contributed by atoms with Crippen molar-refractivity contribution in [1.29, 1.82) is 0 Å². The van der Waals surface area contributed by atoms with E-state index in [4.69, 9.17) is 0 Å². The fourth-order valence-corrected chi connectivity index (χ4v) is 0. The van der Waals surface area contributed by atoms with E-state index < -0.39 is 0 Å². The second-order valence-corrected chi connectivity index (χ2v) is 0. The molecule has 82 heavy (non-hydrogen) atoms. The van der Waals surface area contributed by atoms with Gasteiger partial charge in [-0.2, -0.15) is 129 Å². The smallest absolute Gasteiger partial charge is 0 e. The first-order valence-corrected chi connectivity index (χ1v) is 2.26. The minimum Gasteiger partial charge on any atom is 0 e. The Kier molecular flexibility index (Phi) is 9520. The predicted octanol–water partition coefficient (Wildman–Crippen LogP) is 18.6. The first-order valence-electron chi connectivity index (χ1n) is 0.183. The number of hydrogen-bond acceptors (Lipinski definition) is 1. The largest absolute Gasteiger partial charge is 0 e. The molecule has 0 rings (SSSR count). The van der Waals surface area contributed by atoms with E-state index in [0.717, 1.165) is 0 Å². The van der Waals surface area contributed by atoms with Crippen LogP contribution in [-0.2, 0) is 739 Å². The zero-order chi connectivity index (χ0) is 2.00. The molecule has 0 aromatic heterocycles. The van der Waals surface area contributed by atoms with Crippen molar-refractivity contribution >= 4 is 810 Å². The normalized spacial score (nSPS) is 0.0366. The summed E-state index contributed by atoms with van der Waals surface area (Å²) < 4.78 is 0. The summed E-state index contributed by atoms with van der Waals surface area (Å²) in [6, 6.07) is 0. The summed E-state index contributed by atoms with van der Waals surface area (Å²) in [4.78, 5) is 0. The maximum absolute atomic E-state index is 4.02.